The van der Waals surface area contributed by atoms with Crippen molar-refractivity contribution in [3.8, 4) is 0 Å². The number of alkyl halides is 4. The maximum atomic E-state index is 12.8. The minimum atomic E-state index is -4.71. The predicted molar refractivity (Wildman–Crippen MR) is 115 cm³/mol. The van der Waals surface area contributed by atoms with E-state index in [1.165, 1.54) is 6.08 Å². The highest BCUT2D eigenvalue weighted by atomic mass is 79.9. The van der Waals surface area contributed by atoms with Crippen molar-refractivity contribution in [3.63, 3.8) is 0 Å². The first kappa shape index (κ1) is 23.0. The summed E-state index contributed by atoms with van der Waals surface area (Å²) >= 11 is 3.14. The van der Waals surface area contributed by atoms with Crippen molar-refractivity contribution in [2.75, 3.05) is 30.9 Å². The van der Waals surface area contributed by atoms with Gasteiger partial charge in [-0.2, -0.15) is 4.98 Å². The number of nitrogens with one attached hydrogen (secondary N) is 2. The van der Waals surface area contributed by atoms with Gasteiger partial charge in [-0.25, -0.2) is 4.98 Å². The van der Waals surface area contributed by atoms with Crippen LogP contribution >= 0.6 is 15.9 Å². The van der Waals surface area contributed by atoms with Crippen LogP contribution in [0.2, 0.25) is 0 Å². The lowest BCUT2D eigenvalue weighted by atomic mass is 9.90. The molecular weight excluding hydrogens is 463 g/mol. The highest BCUT2D eigenvalue weighted by Gasteiger charge is 2.45. The van der Waals surface area contributed by atoms with Crippen LogP contribution in [0.4, 0.5) is 24.9 Å². The maximum Gasteiger partial charge on any atom is 0.524 e. The van der Waals surface area contributed by atoms with E-state index in [9.17, 15) is 13.2 Å². The van der Waals surface area contributed by atoms with Crippen molar-refractivity contribution < 1.29 is 17.9 Å². The Labute approximate surface area is 183 Å². The van der Waals surface area contributed by atoms with E-state index in [0.717, 1.165) is 31.5 Å². The first-order valence-electron chi connectivity index (χ1n) is 9.97. The zero-order valence-electron chi connectivity index (χ0n) is 17.0. The molecule has 2 N–H and O–H groups in total. The smallest absolute Gasteiger partial charge is 0.367 e. The highest BCUT2D eigenvalue weighted by Crippen LogP contribution is 2.39. The number of anilines is 2. The minimum Gasteiger partial charge on any atom is -0.367 e. The van der Waals surface area contributed by atoms with Gasteiger partial charge < -0.3 is 15.5 Å². The summed E-state index contributed by atoms with van der Waals surface area (Å²) in [5.74, 6) is 0.993. The number of aromatic nitrogens is 2. The van der Waals surface area contributed by atoms with Crippen LogP contribution in [0.5, 0.6) is 0 Å². The molecule has 0 spiro atoms. The second kappa shape index (κ2) is 9.65. The fraction of sp³-hybridized carbons (Fsp3) is 0.600. The first-order valence-corrected chi connectivity index (χ1v) is 10.8. The fourth-order valence-corrected chi connectivity index (χ4v) is 4.37. The van der Waals surface area contributed by atoms with Crippen LogP contribution in [0, 0.1) is 5.92 Å². The molecule has 1 aromatic rings. The molecule has 2 unspecified atom stereocenters. The summed E-state index contributed by atoms with van der Waals surface area (Å²) in [6.07, 6.45) is 7.24. The molecule has 0 aromatic carbocycles. The molecule has 1 heterocycles. The minimum absolute atomic E-state index is 0.257. The van der Waals surface area contributed by atoms with Gasteiger partial charge in [-0.3, -0.25) is 4.74 Å². The summed E-state index contributed by atoms with van der Waals surface area (Å²) in [5, 5.41) is 6.88. The number of hydrogen-bond donors (Lipinski definition) is 2. The molecule has 0 bridgehead atoms. The van der Waals surface area contributed by atoms with Gasteiger partial charge in [0, 0.05) is 44.8 Å². The summed E-state index contributed by atoms with van der Waals surface area (Å²) in [4.78, 5) is 10.6. The zero-order chi connectivity index (χ0) is 21.8. The SMILES string of the molecule is CN(C)c1nccc(NC2CCC(NCC3C=CC=CC3(Br)OC(F)(F)F)CC2)n1. The van der Waals surface area contributed by atoms with Gasteiger partial charge in [0.1, 0.15) is 5.82 Å². The Balaban J connectivity index is 1.47. The van der Waals surface area contributed by atoms with E-state index in [4.69, 9.17) is 0 Å². The highest BCUT2D eigenvalue weighted by molar-refractivity contribution is 9.10. The lowest BCUT2D eigenvalue weighted by Crippen LogP contribution is -2.46. The Morgan fingerprint density at radius 1 is 1.20 bits per heavy atom. The molecule has 0 amide bonds. The Morgan fingerprint density at radius 2 is 1.90 bits per heavy atom. The van der Waals surface area contributed by atoms with E-state index in [1.54, 1.807) is 24.4 Å². The molecule has 2 aliphatic rings. The molecule has 30 heavy (non-hydrogen) atoms. The molecule has 6 nitrogen and oxygen atoms in total. The summed E-state index contributed by atoms with van der Waals surface area (Å²) in [6.45, 7) is 0.392. The van der Waals surface area contributed by atoms with E-state index in [2.05, 4.69) is 41.3 Å². The third kappa shape index (κ3) is 6.42. The van der Waals surface area contributed by atoms with E-state index in [1.807, 2.05) is 25.1 Å². The van der Waals surface area contributed by atoms with Gasteiger partial charge in [-0.1, -0.05) is 18.2 Å². The second-order valence-electron chi connectivity index (χ2n) is 7.83. The zero-order valence-corrected chi connectivity index (χ0v) is 18.6. The van der Waals surface area contributed by atoms with Crippen LogP contribution < -0.4 is 15.5 Å². The van der Waals surface area contributed by atoms with E-state index in [0.29, 0.717) is 18.5 Å². The average molecular weight is 490 g/mol. The molecule has 166 valence electrons. The van der Waals surface area contributed by atoms with Gasteiger partial charge in [-0.05, 0) is 53.8 Å². The Bertz CT molecular complexity index is 765. The van der Waals surface area contributed by atoms with Crippen molar-refractivity contribution in [1.82, 2.24) is 15.3 Å². The molecule has 10 heteroatoms. The van der Waals surface area contributed by atoms with Gasteiger partial charge in [0.15, 0.2) is 4.51 Å². The quantitative estimate of drug-likeness (QED) is 0.559. The number of allylic oxidation sites excluding steroid dienone is 2. The van der Waals surface area contributed by atoms with Crippen LogP contribution in [0.3, 0.4) is 0 Å². The Morgan fingerprint density at radius 3 is 2.57 bits per heavy atom. The summed E-state index contributed by atoms with van der Waals surface area (Å²) in [5.41, 5.74) is 0. The third-order valence-corrected chi connectivity index (χ3v) is 6.32. The topological polar surface area (TPSA) is 62.3 Å². The van der Waals surface area contributed by atoms with Crippen molar-refractivity contribution in [2.45, 2.75) is 48.6 Å². The molecule has 0 radical (unpaired) electrons. The standard InChI is InChI=1S/C20H27BrF3N5O/c1-29(2)18-25-12-10-17(28-18)27-16-8-6-15(7-9-16)26-13-14-5-3-4-11-19(14,21)30-20(22,23)24/h3-5,10-12,14-16,26H,6-9,13H2,1-2H3,(H,25,27,28). The van der Waals surface area contributed by atoms with Gasteiger partial charge in [0.2, 0.25) is 5.95 Å². The number of halogens is 4. The van der Waals surface area contributed by atoms with Gasteiger partial charge in [0.25, 0.3) is 0 Å². The van der Waals surface area contributed by atoms with Gasteiger partial charge in [-0.15, -0.1) is 13.2 Å². The van der Waals surface area contributed by atoms with E-state index < -0.39 is 16.8 Å². The van der Waals surface area contributed by atoms with Crippen LogP contribution in [-0.2, 0) is 4.74 Å². The average Bonchev–Trinajstić information content (AvgIpc) is 2.67. The molecule has 1 aromatic heterocycles. The number of nitrogens with zero attached hydrogens (tertiary/aromatic N) is 3. The molecule has 0 saturated heterocycles. The normalized spacial score (nSPS) is 29.1. The maximum absolute atomic E-state index is 12.8. The number of hydrogen-bond acceptors (Lipinski definition) is 6. The van der Waals surface area contributed by atoms with Crippen molar-refractivity contribution in [2.24, 2.45) is 5.92 Å². The first-order chi connectivity index (χ1) is 14.1. The fourth-order valence-electron chi connectivity index (χ4n) is 3.72. The van der Waals surface area contributed by atoms with Crippen LogP contribution in [0.1, 0.15) is 25.7 Å². The molecule has 0 aliphatic heterocycles. The monoisotopic (exact) mass is 489 g/mol. The van der Waals surface area contributed by atoms with Crippen molar-refractivity contribution in [1.29, 1.82) is 0 Å². The van der Waals surface area contributed by atoms with Crippen molar-refractivity contribution >= 4 is 27.7 Å². The van der Waals surface area contributed by atoms with Gasteiger partial charge >= 0.3 is 6.36 Å². The summed E-state index contributed by atoms with van der Waals surface area (Å²) in [7, 11) is 3.79. The Kier molecular flexibility index (Phi) is 7.41. The summed E-state index contributed by atoms with van der Waals surface area (Å²) < 4.78 is 41.1. The van der Waals surface area contributed by atoms with Crippen LogP contribution in [0.15, 0.2) is 36.6 Å². The lowest BCUT2D eigenvalue weighted by Gasteiger charge is -2.36. The Hall–Kier alpha value is -1.65. The second-order valence-corrected chi connectivity index (χ2v) is 9.07. The largest absolute Gasteiger partial charge is 0.524 e. The molecule has 1 saturated carbocycles. The predicted octanol–water partition coefficient (Wildman–Crippen LogP) is 4.23. The van der Waals surface area contributed by atoms with Crippen LogP contribution in [-0.4, -0.2) is 53.6 Å². The number of ether oxygens (including phenoxy) is 1. The van der Waals surface area contributed by atoms with E-state index >= 15 is 0 Å². The molecule has 2 aliphatic carbocycles. The third-order valence-electron chi connectivity index (χ3n) is 5.30. The van der Waals surface area contributed by atoms with E-state index in [-0.39, 0.29) is 6.04 Å². The van der Waals surface area contributed by atoms with Crippen LogP contribution in [0.25, 0.3) is 0 Å². The molecule has 1 fully saturated rings. The number of rotatable bonds is 7. The lowest BCUT2D eigenvalue weighted by molar-refractivity contribution is -0.345. The molecule has 2 atom stereocenters. The summed E-state index contributed by atoms with van der Waals surface area (Å²) in [6, 6.07) is 2.43. The molecule has 3 rings (SSSR count). The van der Waals surface area contributed by atoms with Crippen molar-refractivity contribution in [3.05, 3.63) is 36.6 Å². The van der Waals surface area contributed by atoms with Gasteiger partial charge in [0.05, 0.1) is 0 Å². The molecular formula is C20H27BrF3N5O.